The van der Waals surface area contributed by atoms with Gasteiger partial charge in [0.1, 0.15) is 0 Å². The van der Waals surface area contributed by atoms with E-state index in [4.69, 9.17) is 5.73 Å². The molecule has 1 unspecified atom stereocenters. The number of carbonyl (C=O) groups is 3. The Labute approximate surface area is 136 Å². The summed E-state index contributed by atoms with van der Waals surface area (Å²) in [5, 5.41) is 3.21. The van der Waals surface area contributed by atoms with Crippen molar-refractivity contribution in [2.75, 3.05) is 59.4 Å². The highest BCUT2D eigenvalue weighted by Gasteiger charge is 2.27. The van der Waals surface area contributed by atoms with Crippen LogP contribution in [0.5, 0.6) is 0 Å². The third-order valence-corrected chi connectivity index (χ3v) is 4.46. The Morgan fingerprint density at radius 3 is 2.30 bits per heavy atom. The Hall–Kier alpha value is -1.67. The van der Waals surface area contributed by atoms with Gasteiger partial charge in [0, 0.05) is 39.3 Å². The van der Waals surface area contributed by atoms with Crippen LogP contribution < -0.4 is 11.1 Å². The van der Waals surface area contributed by atoms with E-state index in [1.165, 1.54) is 0 Å². The molecule has 0 aromatic heterocycles. The summed E-state index contributed by atoms with van der Waals surface area (Å²) in [5.41, 5.74) is 5.34. The van der Waals surface area contributed by atoms with Gasteiger partial charge in [-0.2, -0.15) is 0 Å². The van der Waals surface area contributed by atoms with Crippen LogP contribution in [0.3, 0.4) is 0 Å². The molecule has 2 aliphatic heterocycles. The van der Waals surface area contributed by atoms with E-state index in [0.29, 0.717) is 26.2 Å². The molecule has 2 heterocycles. The lowest BCUT2D eigenvalue weighted by Gasteiger charge is -2.33. The van der Waals surface area contributed by atoms with E-state index in [0.717, 1.165) is 25.9 Å². The number of piperidine rings is 1. The van der Waals surface area contributed by atoms with E-state index in [9.17, 15) is 14.4 Å². The summed E-state index contributed by atoms with van der Waals surface area (Å²) in [6.45, 7) is 4.53. The number of likely N-dealkylation sites (tertiary alicyclic amines) is 1. The van der Waals surface area contributed by atoms with E-state index < -0.39 is 0 Å². The molecule has 8 heteroatoms. The Bertz CT molecular complexity index is 450. The van der Waals surface area contributed by atoms with Crippen LogP contribution in [-0.4, -0.2) is 91.8 Å². The van der Waals surface area contributed by atoms with E-state index >= 15 is 0 Å². The van der Waals surface area contributed by atoms with Crippen molar-refractivity contribution in [2.45, 2.75) is 12.8 Å². The third kappa shape index (κ3) is 5.18. The lowest BCUT2D eigenvalue weighted by molar-refractivity contribution is -0.137. The van der Waals surface area contributed by atoms with Crippen molar-refractivity contribution >= 4 is 17.7 Å². The van der Waals surface area contributed by atoms with Gasteiger partial charge in [-0.15, -0.1) is 0 Å². The second-order valence-electron chi connectivity index (χ2n) is 6.38. The van der Waals surface area contributed by atoms with Crippen molar-refractivity contribution in [3.8, 4) is 0 Å². The number of rotatable bonds is 5. The summed E-state index contributed by atoms with van der Waals surface area (Å²) in [7, 11) is 1.77. The fraction of sp³-hybridized carbons (Fsp3) is 0.800. The molecule has 3 amide bonds. The summed E-state index contributed by atoms with van der Waals surface area (Å²) in [6.07, 6.45) is 1.54. The zero-order valence-corrected chi connectivity index (χ0v) is 13.8. The molecule has 130 valence electrons. The van der Waals surface area contributed by atoms with Gasteiger partial charge in [0.25, 0.3) is 0 Å². The number of nitrogens with zero attached hydrogens (tertiary/aromatic N) is 3. The number of primary amides is 1. The average Bonchev–Trinajstić information content (AvgIpc) is 2.55. The van der Waals surface area contributed by atoms with Crippen LogP contribution in [0.25, 0.3) is 0 Å². The average molecular weight is 325 g/mol. The largest absolute Gasteiger partial charge is 0.369 e. The minimum absolute atomic E-state index is 0.0495. The predicted octanol–water partition coefficient (Wildman–Crippen LogP) is -1.93. The molecule has 2 saturated heterocycles. The number of likely N-dealkylation sites (N-methyl/N-ethyl adjacent to an activating group) is 1. The fourth-order valence-corrected chi connectivity index (χ4v) is 3.07. The van der Waals surface area contributed by atoms with E-state index in [-0.39, 0.29) is 36.7 Å². The van der Waals surface area contributed by atoms with Gasteiger partial charge in [-0.05, 0) is 19.9 Å². The second-order valence-corrected chi connectivity index (χ2v) is 6.38. The minimum Gasteiger partial charge on any atom is -0.369 e. The lowest BCUT2D eigenvalue weighted by Crippen LogP contribution is -2.51. The SMILES string of the molecule is CN(CC(=O)N1CCNCC1)CC(=O)N1CCCC(C(N)=O)C1. The minimum atomic E-state index is -0.343. The van der Waals surface area contributed by atoms with Crippen molar-refractivity contribution in [3.05, 3.63) is 0 Å². The van der Waals surface area contributed by atoms with Crippen LogP contribution in [0.15, 0.2) is 0 Å². The smallest absolute Gasteiger partial charge is 0.236 e. The number of hydrogen-bond donors (Lipinski definition) is 2. The van der Waals surface area contributed by atoms with Gasteiger partial charge in [0.05, 0.1) is 19.0 Å². The van der Waals surface area contributed by atoms with Gasteiger partial charge in [-0.3, -0.25) is 19.3 Å². The summed E-state index contributed by atoms with van der Waals surface area (Å²) in [6, 6.07) is 0. The van der Waals surface area contributed by atoms with Crippen molar-refractivity contribution in [1.29, 1.82) is 0 Å². The Balaban J connectivity index is 1.77. The molecule has 3 N–H and O–H groups in total. The molecule has 0 aromatic rings. The van der Waals surface area contributed by atoms with Gasteiger partial charge in [-0.1, -0.05) is 0 Å². The van der Waals surface area contributed by atoms with Crippen LogP contribution in [0.1, 0.15) is 12.8 Å². The zero-order valence-electron chi connectivity index (χ0n) is 13.8. The molecule has 2 rings (SSSR count). The van der Waals surface area contributed by atoms with E-state index in [1.807, 2.05) is 4.90 Å². The molecule has 1 atom stereocenters. The molecule has 23 heavy (non-hydrogen) atoms. The van der Waals surface area contributed by atoms with Crippen LogP contribution in [0, 0.1) is 5.92 Å². The van der Waals surface area contributed by atoms with Crippen LogP contribution in [0.2, 0.25) is 0 Å². The highest BCUT2D eigenvalue weighted by Crippen LogP contribution is 2.16. The Morgan fingerprint density at radius 1 is 1.09 bits per heavy atom. The molecule has 0 aromatic carbocycles. The van der Waals surface area contributed by atoms with Crippen molar-refractivity contribution in [2.24, 2.45) is 11.7 Å². The number of amides is 3. The molecule has 0 saturated carbocycles. The molecular formula is C15H27N5O3. The van der Waals surface area contributed by atoms with Crippen LogP contribution in [-0.2, 0) is 14.4 Å². The number of carbonyl (C=O) groups excluding carboxylic acids is 3. The van der Waals surface area contributed by atoms with Gasteiger partial charge in [0.2, 0.25) is 17.7 Å². The lowest BCUT2D eigenvalue weighted by atomic mass is 9.97. The van der Waals surface area contributed by atoms with E-state index in [1.54, 1.807) is 16.8 Å². The maximum absolute atomic E-state index is 12.3. The van der Waals surface area contributed by atoms with Crippen molar-refractivity contribution in [1.82, 2.24) is 20.0 Å². The topological polar surface area (TPSA) is 99.0 Å². The highest BCUT2D eigenvalue weighted by molar-refractivity contribution is 5.82. The maximum atomic E-state index is 12.3. The quantitative estimate of drug-likeness (QED) is 0.614. The summed E-state index contributed by atoms with van der Waals surface area (Å²) in [4.78, 5) is 41.0. The number of piperazine rings is 1. The zero-order chi connectivity index (χ0) is 16.8. The molecule has 0 spiro atoms. The molecule has 0 aliphatic carbocycles. The standard InChI is InChI=1S/C15H27N5O3/c1-18(10-13(21)19-7-4-17-5-8-19)11-14(22)20-6-2-3-12(9-20)15(16)23/h12,17H,2-11H2,1H3,(H2,16,23). The van der Waals surface area contributed by atoms with Gasteiger partial charge in [-0.25, -0.2) is 0 Å². The summed E-state index contributed by atoms with van der Waals surface area (Å²) in [5.74, 6) is -0.591. The summed E-state index contributed by atoms with van der Waals surface area (Å²) >= 11 is 0. The number of nitrogens with one attached hydrogen (secondary N) is 1. The normalized spacial score (nSPS) is 22.3. The van der Waals surface area contributed by atoms with Gasteiger partial charge >= 0.3 is 0 Å². The highest BCUT2D eigenvalue weighted by atomic mass is 16.2. The fourth-order valence-electron chi connectivity index (χ4n) is 3.07. The molecule has 2 aliphatic rings. The predicted molar refractivity (Wildman–Crippen MR) is 85.4 cm³/mol. The van der Waals surface area contributed by atoms with Gasteiger partial charge < -0.3 is 20.9 Å². The maximum Gasteiger partial charge on any atom is 0.236 e. The first-order chi connectivity index (χ1) is 11.0. The van der Waals surface area contributed by atoms with Gasteiger partial charge in [0.15, 0.2) is 0 Å². The van der Waals surface area contributed by atoms with Crippen molar-refractivity contribution < 1.29 is 14.4 Å². The second kappa shape index (κ2) is 8.26. The van der Waals surface area contributed by atoms with Crippen LogP contribution in [0.4, 0.5) is 0 Å². The van der Waals surface area contributed by atoms with E-state index in [2.05, 4.69) is 5.32 Å². The molecule has 8 nitrogen and oxygen atoms in total. The first-order valence-corrected chi connectivity index (χ1v) is 8.21. The molecule has 0 bridgehead atoms. The molecule has 0 radical (unpaired) electrons. The first-order valence-electron chi connectivity index (χ1n) is 8.21. The number of nitrogens with two attached hydrogens (primary N) is 1. The Morgan fingerprint density at radius 2 is 1.70 bits per heavy atom. The summed E-state index contributed by atoms with van der Waals surface area (Å²) < 4.78 is 0. The molecular weight excluding hydrogens is 298 g/mol. The Kier molecular flexibility index (Phi) is 6.35. The monoisotopic (exact) mass is 325 g/mol. The van der Waals surface area contributed by atoms with Crippen LogP contribution >= 0.6 is 0 Å². The molecule has 2 fully saturated rings. The van der Waals surface area contributed by atoms with Crippen molar-refractivity contribution in [3.63, 3.8) is 0 Å². The number of hydrogen-bond acceptors (Lipinski definition) is 5. The first kappa shape index (κ1) is 17.7. The third-order valence-electron chi connectivity index (χ3n) is 4.46.